The van der Waals surface area contributed by atoms with Crippen LogP contribution in [0.1, 0.15) is 51.5 Å². The number of hydrogen-bond donors (Lipinski definition) is 1. The molecule has 1 aromatic heterocycles. The lowest BCUT2D eigenvalue weighted by atomic mass is 9.94. The highest BCUT2D eigenvalue weighted by Gasteiger charge is 2.38. The minimum absolute atomic E-state index is 0.0803. The fourth-order valence-corrected chi connectivity index (χ4v) is 4.14. The molecule has 1 aliphatic heterocycles. The normalized spacial score (nSPS) is 15.0. The van der Waals surface area contributed by atoms with Crippen LogP contribution < -0.4 is 0 Å². The molecule has 2 heterocycles. The van der Waals surface area contributed by atoms with Gasteiger partial charge in [0.1, 0.15) is 6.10 Å². The number of amides is 1. The first-order valence-electron chi connectivity index (χ1n) is 10.4. The topological polar surface area (TPSA) is 79.5 Å². The molecule has 0 aliphatic carbocycles. The Kier molecular flexibility index (Phi) is 5.43. The molecule has 0 bridgehead atoms. The van der Waals surface area contributed by atoms with Gasteiger partial charge in [-0.25, -0.2) is 0 Å². The molecule has 33 heavy (non-hydrogen) atoms. The molecule has 0 radical (unpaired) electrons. The second-order valence-corrected chi connectivity index (χ2v) is 7.76. The van der Waals surface area contributed by atoms with E-state index in [1.165, 1.54) is 0 Å². The summed E-state index contributed by atoms with van der Waals surface area (Å²) in [5.41, 5.74) is 3.04. The third-order valence-corrected chi connectivity index (χ3v) is 5.73. The van der Waals surface area contributed by atoms with Gasteiger partial charge in [-0.1, -0.05) is 66.7 Å². The Bertz CT molecular complexity index is 1280. The highest BCUT2D eigenvalue weighted by molar-refractivity contribution is 5.99. The monoisotopic (exact) mass is 447 g/mol. The number of aliphatic hydroxyl groups is 1. The van der Waals surface area contributed by atoms with Crippen molar-refractivity contribution in [2.45, 2.75) is 25.1 Å². The van der Waals surface area contributed by atoms with Crippen molar-refractivity contribution in [3.63, 3.8) is 0 Å². The van der Waals surface area contributed by atoms with E-state index in [1.54, 1.807) is 23.1 Å². The van der Waals surface area contributed by atoms with Gasteiger partial charge in [0.15, 0.2) is 0 Å². The molecule has 0 saturated carbocycles. The number of carbonyl (C=O) groups is 1. The third-order valence-electron chi connectivity index (χ3n) is 5.73. The highest BCUT2D eigenvalue weighted by Crippen LogP contribution is 2.40. The van der Waals surface area contributed by atoms with Crippen molar-refractivity contribution in [1.82, 2.24) is 15.1 Å². The van der Waals surface area contributed by atoms with Gasteiger partial charge in [-0.05, 0) is 28.8 Å². The van der Waals surface area contributed by atoms with Gasteiger partial charge in [-0.3, -0.25) is 4.79 Å². The number of aromatic nitrogens is 2. The molecule has 0 unspecified atom stereocenters. The summed E-state index contributed by atoms with van der Waals surface area (Å²) >= 11 is 0. The maximum Gasteiger partial charge on any atom is 0.314 e. The van der Waals surface area contributed by atoms with E-state index < -0.39 is 24.5 Å². The van der Waals surface area contributed by atoms with Crippen LogP contribution in [-0.2, 0) is 6.54 Å². The van der Waals surface area contributed by atoms with Crippen molar-refractivity contribution in [1.29, 1.82) is 0 Å². The van der Waals surface area contributed by atoms with Crippen molar-refractivity contribution in [2.75, 3.05) is 0 Å². The summed E-state index contributed by atoms with van der Waals surface area (Å²) in [5.74, 6) is -1.12. The Balaban J connectivity index is 1.50. The van der Waals surface area contributed by atoms with Gasteiger partial charge < -0.3 is 14.4 Å². The SMILES string of the molecule is O=C1c2cc(-c3nnc(C(F)F)o3)ccc2CN1[C@H](c1ccccc1)[C@@H](O)c1ccccc1. The van der Waals surface area contributed by atoms with E-state index in [9.17, 15) is 18.7 Å². The van der Waals surface area contributed by atoms with E-state index >= 15 is 0 Å². The molecule has 1 amide bonds. The molecule has 1 aliphatic rings. The minimum Gasteiger partial charge on any atom is -0.415 e. The molecule has 0 fully saturated rings. The van der Waals surface area contributed by atoms with Crippen molar-refractivity contribution >= 4 is 5.91 Å². The fourth-order valence-electron chi connectivity index (χ4n) is 4.14. The van der Waals surface area contributed by atoms with Gasteiger partial charge >= 0.3 is 6.43 Å². The van der Waals surface area contributed by atoms with Crippen LogP contribution in [-0.4, -0.2) is 26.1 Å². The van der Waals surface area contributed by atoms with E-state index in [1.807, 2.05) is 60.7 Å². The van der Waals surface area contributed by atoms with Crippen molar-refractivity contribution in [2.24, 2.45) is 0 Å². The first-order valence-corrected chi connectivity index (χ1v) is 10.4. The number of halogens is 2. The largest absolute Gasteiger partial charge is 0.415 e. The summed E-state index contributed by atoms with van der Waals surface area (Å²) < 4.78 is 30.7. The standard InChI is InChI=1S/C25H19F2N3O3/c26-22(27)24-29-28-23(33-24)17-11-12-18-14-30(25(32)19(18)13-17)20(15-7-3-1-4-8-15)21(31)16-9-5-2-6-10-16/h1-13,20-22,31H,14H2/t20-,21+/m1/s1. The Morgan fingerprint density at radius 3 is 2.21 bits per heavy atom. The van der Waals surface area contributed by atoms with E-state index in [-0.39, 0.29) is 11.8 Å². The van der Waals surface area contributed by atoms with E-state index in [0.29, 0.717) is 23.2 Å². The van der Waals surface area contributed by atoms with Gasteiger partial charge in [0.2, 0.25) is 5.89 Å². The predicted octanol–water partition coefficient (Wildman–Crippen LogP) is 5.10. The summed E-state index contributed by atoms with van der Waals surface area (Å²) in [4.78, 5) is 15.1. The average molecular weight is 447 g/mol. The lowest BCUT2D eigenvalue weighted by Gasteiger charge is -2.32. The average Bonchev–Trinajstić information content (AvgIpc) is 3.46. The molecule has 2 atom stereocenters. The third kappa shape index (κ3) is 3.89. The lowest BCUT2D eigenvalue weighted by molar-refractivity contribution is 0.0360. The van der Waals surface area contributed by atoms with Crippen LogP contribution in [0.3, 0.4) is 0 Å². The van der Waals surface area contributed by atoms with Gasteiger partial charge in [0.05, 0.1) is 6.04 Å². The summed E-state index contributed by atoms with van der Waals surface area (Å²) in [6.45, 7) is 0.296. The number of aliphatic hydroxyl groups excluding tert-OH is 1. The second-order valence-electron chi connectivity index (χ2n) is 7.76. The quantitative estimate of drug-likeness (QED) is 0.445. The number of carbonyl (C=O) groups excluding carboxylic acids is 1. The highest BCUT2D eigenvalue weighted by atomic mass is 19.3. The van der Waals surface area contributed by atoms with Crippen molar-refractivity contribution in [3.8, 4) is 11.5 Å². The molecule has 4 aromatic rings. The molecular formula is C25H19F2N3O3. The first kappa shape index (κ1) is 21.0. The summed E-state index contributed by atoms with van der Waals surface area (Å²) in [7, 11) is 0. The number of benzene rings is 3. The van der Waals surface area contributed by atoms with Crippen LogP contribution in [0.2, 0.25) is 0 Å². The molecule has 5 rings (SSSR count). The van der Waals surface area contributed by atoms with Crippen LogP contribution in [0.15, 0.2) is 83.3 Å². The Hall–Kier alpha value is -3.91. The molecule has 3 aromatic carbocycles. The van der Waals surface area contributed by atoms with Crippen molar-refractivity contribution in [3.05, 3.63) is 107 Å². The Morgan fingerprint density at radius 1 is 0.909 bits per heavy atom. The van der Waals surface area contributed by atoms with Crippen LogP contribution in [0.25, 0.3) is 11.5 Å². The van der Waals surface area contributed by atoms with Crippen LogP contribution >= 0.6 is 0 Å². The number of hydrogen-bond acceptors (Lipinski definition) is 5. The Labute approximate surface area is 188 Å². The molecule has 8 heteroatoms. The minimum atomic E-state index is -2.87. The number of nitrogens with zero attached hydrogens (tertiary/aromatic N) is 3. The predicted molar refractivity (Wildman–Crippen MR) is 115 cm³/mol. The molecule has 1 N–H and O–H groups in total. The van der Waals surface area contributed by atoms with Gasteiger partial charge in [0.25, 0.3) is 11.8 Å². The van der Waals surface area contributed by atoms with Crippen LogP contribution in [0.4, 0.5) is 8.78 Å². The number of fused-ring (bicyclic) bond motifs is 1. The molecule has 0 spiro atoms. The molecule has 6 nitrogen and oxygen atoms in total. The fraction of sp³-hybridized carbons (Fsp3) is 0.160. The van der Waals surface area contributed by atoms with Crippen LogP contribution in [0, 0.1) is 0 Å². The molecular weight excluding hydrogens is 428 g/mol. The lowest BCUT2D eigenvalue weighted by Crippen LogP contribution is -2.33. The first-order chi connectivity index (χ1) is 16.0. The second kappa shape index (κ2) is 8.55. The maximum atomic E-state index is 13.5. The summed E-state index contributed by atoms with van der Waals surface area (Å²) in [5, 5.41) is 18.3. The van der Waals surface area contributed by atoms with Crippen LogP contribution in [0.5, 0.6) is 0 Å². The van der Waals surface area contributed by atoms with E-state index in [4.69, 9.17) is 4.42 Å². The Morgan fingerprint density at radius 2 is 1.58 bits per heavy atom. The van der Waals surface area contributed by atoms with E-state index in [0.717, 1.165) is 11.1 Å². The molecule has 166 valence electrons. The maximum absolute atomic E-state index is 13.5. The summed E-state index contributed by atoms with van der Waals surface area (Å²) in [6.07, 6.45) is -3.82. The zero-order chi connectivity index (χ0) is 22.9. The summed E-state index contributed by atoms with van der Waals surface area (Å²) in [6, 6.07) is 22.9. The zero-order valence-corrected chi connectivity index (χ0v) is 17.3. The number of alkyl halides is 2. The van der Waals surface area contributed by atoms with Gasteiger partial charge in [0, 0.05) is 17.7 Å². The number of rotatable bonds is 6. The zero-order valence-electron chi connectivity index (χ0n) is 17.3. The van der Waals surface area contributed by atoms with Crippen molar-refractivity contribution < 1.29 is 23.1 Å². The van der Waals surface area contributed by atoms with Gasteiger partial charge in [-0.2, -0.15) is 8.78 Å². The molecule has 0 saturated heterocycles. The smallest absolute Gasteiger partial charge is 0.314 e. The van der Waals surface area contributed by atoms with E-state index in [2.05, 4.69) is 10.2 Å². The van der Waals surface area contributed by atoms with Gasteiger partial charge in [-0.15, -0.1) is 10.2 Å².